The third-order valence-electron chi connectivity index (χ3n) is 4.37. The van der Waals surface area contributed by atoms with Crippen LogP contribution in [0, 0.1) is 5.92 Å². The maximum Gasteiger partial charge on any atom is 0.318 e. The highest BCUT2D eigenvalue weighted by molar-refractivity contribution is 6.01. The lowest BCUT2D eigenvalue weighted by atomic mass is 9.81. The van der Waals surface area contributed by atoms with Gasteiger partial charge in [0.05, 0.1) is 12.6 Å². The number of carbonyl (C=O) groups excluding carboxylic acids is 2. The number of rotatable bonds is 4. The van der Waals surface area contributed by atoms with Crippen molar-refractivity contribution in [3.05, 3.63) is 71.8 Å². The quantitative estimate of drug-likeness (QED) is 0.693. The minimum atomic E-state index is -0.799. The minimum Gasteiger partial charge on any atom is -0.465 e. The van der Waals surface area contributed by atoms with Gasteiger partial charge < -0.3 is 10.1 Å². The molecule has 1 aliphatic heterocycles. The van der Waals surface area contributed by atoms with Gasteiger partial charge in [-0.05, 0) is 18.1 Å². The summed E-state index contributed by atoms with van der Waals surface area (Å²) in [7, 11) is 0. The SMILES string of the molecule is CCOC(=O)C1C(=O)CC(c2ccccc2)NC1c1ccccc1. The van der Waals surface area contributed by atoms with Crippen molar-refractivity contribution in [1.82, 2.24) is 5.32 Å². The van der Waals surface area contributed by atoms with E-state index in [2.05, 4.69) is 5.32 Å². The lowest BCUT2D eigenvalue weighted by molar-refractivity contribution is -0.154. The molecule has 1 heterocycles. The van der Waals surface area contributed by atoms with Gasteiger partial charge in [0.25, 0.3) is 0 Å². The Morgan fingerprint density at radius 3 is 2.21 bits per heavy atom. The fourth-order valence-electron chi connectivity index (χ4n) is 3.23. The number of nitrogens with one attached hydrogen (secondary N) is 1. The zero-order valence-electron chi connectivity index (χ0n) is 13.6. The van der Waals surface area contributed by atoms with E-state index >= 15 is 0 Å². The van der Waals surface area contributed by atoms with Gasteiger partial charge >= 0.3 is 5.97 Å². The summed E-state index contributed by atoms with van der Waals surface area (Å²) in [5.74, 6) is -1.32. The first-order valence-electron chi connectivity index (χ1n) is 8.26. The van der Waals surface area contributed by atoms with Gasteiger partial charge in [0, 0.05) is 12.5 Å². The van der Waals surface area contributed by atoms with Crippen LogP contribution < -0.4 is 5.32 Å². The molecule has 0 aromatic heterocycles. The number of hydrogen-bond donors (Lipinski definition) is 1. The standard InChI is InChI=1S/C20H21NO3/c1-2-24-20(23)18-17(22)13-16(14-9-5-3-6-10-14)21-19(18)15-11-7-4-8-12-15/h3-12,16,18-19,21H,2,13H2,1H3. The van der Waals surface area contributed by atoms with Gasteiger partial charge in [-0.15, -0.1) is 0 Å². The first kappa shape index (κ1) is 16.4. The Bertz CT molecular complexity index is 699. The molecular weight excluding hydrogens is 302 g/mol. The summed E-state index contributed by atoms with van der Waals surface area (Å²) in [5, 5.41) is 3.48. The molecule has 0 aliphatic carbocycles. The van der Waals surface area contributed by atoms with Crippen molar-refractivity contribution in [2.75, 3.05) is 6.61 Å². The molecule has 2 aromatic rings. The maximum absolute atomic E-state index is 12.7. The second-order valence-electron chi connectivity index (χ2n) is 5.92. The van der Waals surface area contributed by atoms with Crippen LogP contribution in [0.1, 0.15) is 36.6 Å². The van der Waals surface area contributed by atoms with Crippen molar-refractivity contribution in [3.63, 3.8) is 0 Å². The van der Waals surface area contributed by atoms with Crippen LogP contribution in [0.15, 0.2) is 60.7 Å². The third kappa shape index (κ3) is 3.39. The first-order chi connectivity index (χ1) is 11.7. The summed E-state index contributed by atoms with van der Waals surface area (Å²) in [6, 6.07) is 19.0. The molecule has 1 N–H and O–H groups in total. The summed E-state index contributed by atoms with van der Waals surface area (Å²) in [6.07, 6.45) is 0.289. The number of esters is 1. The molecule has 24 heavy (non-hydrogen) atoms. The summed E-state index contributed by atoms with van der Waals surface area (Å²) in [6.45, 7) is 2.02. The Hall–Kier alpha value is -2.46. The number of ketones is 1. The van der Waals surface area contributed by atoms with E-state index in [1.165, 1.54) is 0 Å². The highest BCUT2D eigenvalue weighted by atomic mass is 16.5. The molecule has 124 valence electrons. The predicted molar refractivity (Wildman–Crippen MR) is 91.2 cm³/mol. The van der Waals surface area contributed by atoms with E-state index in [0.717, 1.165) is 11.1 Å². The highest BCUT2D eigenvalue weighted by Crippen LogP contribution is 2.35. The molecule has 0 saturated carbocycles. The van der Waals surface area contributed by atoms with E-state index < -0.39 is 11.9 Å². The van der Waals surface area contributed by atoms with E-state index in [4.69, 9.17) is 4.74 Å². The van der Waals surface area contributed by atoms with E-state index in [0.29, 0.717) is 0 Å². The van der Waals surface area contributed by atoms with Crippen LogP contribution in [0.4, 0.5) is 0 Å². The summed E-state index contributed by atoms with van der Waals surface area (Å²) in [4.78, 5) is 25.1. The molecule has 4 heteroatoms. The smallest absolute Gasteiger partial charge is 0.318 e. The van der Waals surface area contributed by atoms with Crippen molar-refractivity contribution >= 4 is 11.8 Å². The van der Waals surface area contributed by atoms with Crippen LogP contribution in [0.5, 0.6) is 0 Å². The molecule has 0 spiro atoms. The molecule has 3 rings (SSSR count). The second-order valence-corrected chi connectivity index (χ2v) is 5.92. The largest absolute Gasteiger partial charge is 0.465 e. The molecule has 3 atom stereocenters. The molecule has 0 bridgehead atoms. The van der Waals surface area contributed by atoms with Crippen LogP contribution in [-0.2, 0) is 14.3 Å². The first-order valence-corrected chi connectivity index (χ1v) is 8.26. The summed E-state index contributed by atoms with van der Waals surface area (Å²) >= 11 is 0. The van der Waals surface area contributed by atoms with Gasteiger partial charge in [0.15, 0.2) is 5.78 Å². The van der Waals surface area contributed by atoms with Crippen LogP contribution in [0.2, 0.25) is 0 Å². The molecule has 2 aromatic carbocycles. The third-order valence-corrected chi connectivity index (χ3v) is 4.37. The molecule has 0 amide bonds. The average molecular weight is 323 g/mol. The van der Waals surface area contributed by atoms with Gasteiger partial charge in [-0.25, -0.2) is 0 Å². The van der Waals surface area contributed by atoms with Crippen LogP contribution >= 0.6 is 0 Å². The lowest BCUT2D eigenvalue weighted by Gasteiger charge is -2.35. The average Bonchev–Trinajstić information content (AvgIpc) is 2.62. The Kier molecular flexibility index (Phi) is 5.06. The molecule has 0 radical (unpaired) electrons. The molecule has 1 fully saturated rings. The molecular formula is C20H21NO3. The van der Waals surface area contributed by atoms with E-state index in [-0.39, 0.29) is 30.9 Å². The Balaban J connectivity index is 1.93. The Labute approximate surface area is 141 Å². The van der Waals surface area contributed by atoms with E-state index in [9.17, 15) is 9.59 Å². The second kappa shape index (κ2) is 7.41. The van der Waals surface area contributed by atoms with Crippen molar-refractivity contribution in [1.29, 1.82) is 0 Å². The zero-order valence-corrected chi connectivity index (χ0v) is 13.6. The van der Waals surface area contributed by atoms with E-state index in [1.54, 1.807) is 6.92 Å². The van der Waals surface area contributed by atoms with Crippen molar-refractivity contribution in [3.8, 4) is 0 Å². The van der Waals surface area contributed by atoms with Gasteiger partial charge in [-0.1, -0.05) is 60.7 Å². The van der Waals surface area contributed by atoms with Crippen LogP contribution in [0.3, 0.4) is 0 Å². The monoisotopic (exact) mass is 323 g/mol. The van der Waals surface area contributed by atoms with Gasteiger partial charge in [-0.3, -0.25) is 9.59 Å². The predicted octanol–water partition coefficient (Wildman–Crippen LogP) is 3.21. The fraction of sp³-hybridized carbons (Fsp3) is 0.300. The molecule has 4 nitrogen and oxygen atoms in total. The maximum atomic E-state index is 12.7. The zero-order chi connectivity index (χ0) is 16.9. The lowest BCUT2D eigenvalue weighted by Crippen LogP contribution is -2.46. The van der Waals surface area contributed by atoms with Crippen LogP contribution in [0.25, 0.3) is 0 Å². The van der Waals surface area contributed by atoms with Crippen LogP contribution in [-0.4, -0.2) is 18.4 Å². The van der Waals surface area contributed by atoms with E-state index in [1.807, 2.05) is 60.7 Å². The van der Waals surface area contributed by atoms with Crippen molar-refractivity contribution < 1.29 is 14.3 Å². The van der Waals surface area contributed by atoms with Gasteiger partial charge in [0.2, 0.25) is 0 Å². The molecule has 1 saturated heterocycles. The minimum absolute atomic E-state index is 0.0742. The van der Waals surface area contributed by atoms with Gasteiger partial charge in [-0.2, -0.15) is 0 Å². The molecule has 3 unspecified atom stereocenters. The number of carbonyl (C=O) groups is 2. The highest BCUT2D eigenvalue weighted by Gasteiger charge is 2.42. The normalized spacial score (nSPS) is 23.7. The van der Waals surface area contributed by atoms with Crippen molar-refractivity contribution in [2.24, 2.45) is 5.92 Å². The number of piperidine rings is 1. The Morgan fingerprint density at radius 1 is 1.04 bits per heavy atom. The fourth-order valence-corrected chi connectivity index (χ4v) is 3.23. The molecule has 1 aliphatic rings. The number of ether oxygens (including phenoxy) is 1. The topological polar surface area (TPSA) is 55.4 Å². The summed E-state index contributed by atoms with van der Waals surface area (Å²) < 4.78 is 5.14. The number of hydrogen-bond acceptors (Lipinski definition) is 4. The van der Waals surface area contributed by atoms with Gasteiger partial charge in [0.1, 0.15) is 5.92 Å². The summed E-state index contributed by atoms with van der Waals surface area (Å²) in [5.41, 5.74) is 1.97. The number of Topliss-reactive ketones (excluding diaryl/α,β-unsaturated/α-hetero) is 1. The van der Waals surface area contributed by atoms with Crippen molar-refractivity contribution in [2.45, 2.75) is 25.4 Å². The Morgan fingerprint density at radius 2 is 1.62 bits per heavy atom. The number of benzene rings is 2.